The Labute approximate surface area is 122 Å². The summed E-state index contributed by atoms with van der Waals surface area (Å²) in [6, 6.07) is 1.22. The molecular weight excluding hydrogens is 304 g/mol. The fraction of sp³-hybridized carbons (Fsp3) is 0.417. The van der Waals surface area contributed by atoms with Gasteiger partial charge in [-0.3, -0.25) is 9.36 Å². The smallest absolute Gasteiger partial charge is 0.351 e. The molecule has 0 bridgehead atoms. The molecule has 0 unspecified atom stereocenters. The van der Waals surface area contributed by atoms with Crippen LogP contribution in [0.4, 0.5) is 14.6 Å². The van der Waals surface area contributed by atoms with E-state index in [-0.39, 0.29) is 5.82 Å². The van der Waals surface area contributed by atoms with Gasteiger partial charge >= 0.3 is 5.69 Å². The van der Waals surface area contributed by atoms with E-state index in [4.69, 9.17) is 9.84 Å². The van der Waals surface area contributed by atoms with Crippen molar-refractivity contribution in [3.63, 3.8) is 0 Å². The molecule has 10 heteroatoms. The summed E-state index contributed by atoms with van der Waals surface area (Å²) in [6.07, 6.45) is -5.69. The average Bonchev–Trinajstić information content (AvgIpc) is 2.75. The van der Waals surface area contributed by atoms with Gasteiger partial charge in [-0.2, -0.15) is 13.8 Å². The molecule has 1 saturated heterocycles. The van der Waals surface area contributed by atoms with Crippen LogP contribution in [-0.4, -0.2) is 44.5 Å². The van der Waals surface area contributed by atoms with Crippen molar-refractivity contribution in [2.24, 2.45) is 0 Å². The number of ether oxygens (including phenoxy) is 1. The van der Waals surface area contributed by atoms with Crippen LogP contribution >= 0.6 is 0 Å². The van der Waals surface area contributed by atoms with Gasteiger partial charge in [0.1, 0.15) is 18.0 Å². The maximum Gasteiger partial charge on any atom is 0.351 e. The molecule has 2 heterocycles. The van der Waals surface area contributed by atoms with Gasteiger partial charge in [0.15, 0.2) is 6.23 Å². The first-order chi connectivity index (χ1) is 10.3. The van der Waals surface area contributed by atoms with E-state index in [0.29, 0.717) is 0 Å². The number of aliphatic hydroxyl groups excluding tert-OH is 2. The SMILES string of the molecule is CC(=O)Nc1ccn([C@@H]2O[C@H](CO)[C@@H](O)C2=C(F)F)c(=O)n1. The third kappa shape index (κ3) is 3.03. The van der Waals surface area contributed by atoms with Crippen molar-refractivity contribution < 1.29 is 28.5 Å². The molecule has 1 amide bonds. The van der Waals surface area contributed by atoms with Crippen LogP contribution in [0.15, 0.2) is 28.7 Å². The Morgan fingerprint density at radius 1 is 1.55 bits per heavy atom. The zero-order valence-corrected chi connectivity index (χ0v) is 11.4. The summed E-state index contributed by atoms with van der Waals surface area (Å²) >= 11 is 0. The molecule has 2 rings (SSSR count). The number of hydrogen-bond donors (Lipinski definition) is 3. The van der Waals surface area contributed by atoms with Gasteiger partial charge in [-0.05, 0) is 6.07 Å². The molecule has 0 radical (unpaired) electrons. The lowest BCUT2D eigenvalue weighted by atomic mass is 10.1. The topological polar surface area (TPSA) is 114 Å². The Morgan fingerprint density at radius 3 is 2.73 bits per heavy atom. The molecule has 0 saturated carbocycles. The Balaban J connectivity index is 2.41. The summed E-state index contributed by atoms with van der Waals surface area (Å²) in [6.45, 7) is 0.523. The van der Waals surface area contributed by atoms with Crippen LogP contribution in [0.2, 0.25) is 0 Å². The van der Waals surface area contributed by atoms with E-state index < -0.39 is 48.3 Å². The van der Waals surface area contributed by atoms with E-state index in [1.54, 1.807) is 0 Å². The average molecular weight is 317 g/mol. The quantitative estimate of drug-likeness (QED) is 0.699. The number of carbonyl (C=O) groups is 1. The zero-order valence-electron chi connectivity index (χ0n) is 11.4. The second kappa shape index (κ2) is 6.30. The predicted octanol–water partition coefficient (Wildman–Crippen LogP) is -0.397. The van der Waals surface area contributed by atoms with Crippen LogP contribution in [0.25, 0.3) is 0 Å². The maximum absolute atomic E-state index is 13.0. The summed E-state index contributed by atoms with van der Waals surface area (Å²) in [5.41, 5.74) is -1.77. The number of hydrogen-bond acceptors (Lipinski definition) is 6. The Morgan fingerprint density at radius 2 is 2.23 bits per heavy atom. The molecule has 3 atom stereocenters. The van der Waals surface area contributed by atoms with Gasteiger partial charge < -0.3 is 20.3 Å². The molecule has 1 aromatic rings. The van der Waals surface area contributed by atoms with Gasteiger partial charge in [0.2, 0.25) is 5.91 Å². The molecule has 1 aliphatic heterocycles. The number of nitrogens with one attached hydrogen (secondary N) is 1. The number of nitrogens with zero attached hydrogens (tertiary/aromatic N) is 2. The normalized spacial score (nSPS) is 24.4. The third-order valence-corrected chi connectivity index (χ3v) is 3.03. The van der Waals surface area contributed by atoms with Gasteiger partial charge in [0, 0.05) is 13.1 Å². The Bertz CT molecular complexity index is 671. The van der Waals surface area contributed by atoms with Gasteiger partial charge in [-0.15, -0.1) is 0 Å². The Kier molecular flexibility index (Phi) is 4.64. The number of aromatic nitrogens is 2. The highest BCUT2D eigenvalue weighted by atomic mass is 19.3. The molecule has 8 nitrogen and oxygen atoms in total. The first-order valence-electron chi connectivity index (χ1n) is 6.21. The van der Waals surface area contributed by atoms with Crippen molar-refractivity contribution in [3.8, 4) is 0 Å². The number of aliphatic hydroxyl groups is 2. The molecular formula is C12H13F2N3O5. The molecule has 0 aliphatic carbocycles. The summed E-state index contributed by atoms with van der Waals surface area (Å²) < 4.78 is 31.8. The lowest BCUT2D eigenvalue weighted by molar-refractivity contribution is -0.114. The summed E-state index contributed by atoms with van der Waals surface area (Å²) in [5.74, 6) is -0.495. The van der Waals surface area contributed by atoms with Crippen molar-refractivity contribution >= 4 is 11.7 Å². The van der Waals surface area contributed by atoms with Crippen LogP contribution in [0.3, 0.4) is 0 Å². The van der Waals surface area contributed by atoms with E-state index in [1.807, 2.05) is 0 Å². The van der Waals surface area contributed by atoms with Crippen molar-refractivity contribution in [2.75, 3.05) is 11.9 Å². The van der Waals surface area contributed by atoms with Crippen LogP contribution < -0.4 is 11.0 Å². The van der Waals surface area contributed by atoms with E-state index in [0.717, 1.165) is 10.8 Å². The second-order valence-corrected chi connectivity index (χ2v) is 4.55. The van der Waals surface area contributed by atoms with Crippen LogP contribution in [0.1, 0.15) is 13.2 Å². The molecule has 0 aromatic carbocycles. The molecule has 1 aliphatic rings. The number of halogens is 2. The molecule has 22 heavy (non-hydrogen) atoms. The number of amides is 1. The number of carbonyl (C=O) groups excluding carboxylic acids is 1. The number of rotatable bonds is 3. The van der Waals surface area contributed by atoms with E-state index in [9.17, 15) is 23.5 Å². The van der Waals surface area contributed by atoms with Crippen molar-refractivity contribution in [3.05, 3.63) is 34.4 Å². The maximum atomic E-state index is 13.0. The largest absolute Gasteiger partial charge is 0.394 e. The van der Waals surface area contributed by atoms with Gasteiger partial charge in [0.25, 0.3) is 6.08 Å². The molecule has 120 valence electrons. The molecule has 3 N–H and O–H groups in total. The lowest BCUT2D eigenvalue weighted by Gasteiger charge is -2.15. The minimum atomic E-state index is -2.20. The fourth-order valence-electron chi connectivity index (χ4n) is 2.06. The van der Waals surface area contributed by atoms with Crippen molar-refractivity contribution in [1.82, 2.24) is 9.55 Å². The van der Waals surface area contributed by atoms with Crippen LogP contribution in [0.5, 0.6) is 0 Å². The minimum Gasteiger partial charge on any atom is -0.394 e. The van der Waals surface area contributed by atoms with E-state index >= 15 is 0 Å². The monoisotopic (exact) mass is 317 g/mol. The van der Waals surface area contributed by atoms with E-state index in [2.05, 4.69) is 10.3 Å². The molecule has 1 fully saturated rings. The highest BCUT2D eigenvalue weighted by molar-refractivity contribution is 5.87. The Hall–Kier alpha value is -2.17. The predicted molar refractivity (Wildman–Crippen MR) is 69.0 cm³/mol. The first-order valence-corrected chi connectivity index (χ1v) is 6.21. The van der Waals surface area contributed by atoms with Crippen LogP contribution in [-0.2, 0) is 9.53 Å². The lowest BCUT2D eigenvalue weighted by Crippen LogP contribution is -2.29. The second-order valence-electron chi connectivity index (χ2n) is 4.55. The van der Waals surface area contributed by atoms with Crippen molar-refractivity contribution in [1.29, 1.82) is 0 Å². The summed E-state index contributed by atoms with van der Waals surface area (Å²) in [5, 5.41) is 21.0. The van der Waals surface area contributed by atoms with Gasteiger partial charge in [-0.25, -0.2) is 4.79 Å². The molecule has 0 spiro atoms. The fourth-order valence-corrected chi connectivity index (χ4v) is 2.06. The minimum absolute atomic E-state index is 0.0442. The highest BCUT2D eigenvalue weighted by Crippen LogP contribution is 2.36. The number of anilines is 1. The standard InChI is InChI=1S/C12H13F2N3O5/c1-5(19)15-7-2-3-17(12(21)16-7)11-8(10(13)14)9(20)6(4-18)22-11/h2-3,6,9,11,18,20H,4H2,1H3,(H,15,16,19,21)/t6-,9-,11-/m1/s1. The zero-order chi connectivity index (χ0) is 16.4. The highest BCUT2D eigenvalue weighted by Gasteiger charge is 2.43. The van der Waals surface area contributed by atoms with Gasteiger partial charge in [-0.1, -0.05) is 0 Å². The van der Waals surface area contributed by atoms with Gasteiger partial charge in [0.05, 0.1) is 12.2 Å². The van der Waals surface area contributed by atoms with E-state index in [1.165, 1.54) is 13.0 Å². The summed E-state index contributed by atoms with van der Waals surface area (Å²) in [4.78, 5) is 26.3. The summed E-state index contributed by atoms with van der Waals surface area (Å²) in [7, 11) is 0. The third-order valence-electron chi connectivity index (χ3n) is 3.03. The molecule has 1 aromatic heterocycles. The van der Waals surface area contributed by atoms with Crippen LogP contribution in [0, 0.1) is 0 Å². The first kappa shape index (κ1) is 16.2. The van der Waals surface area contributed by atoms with Crippen molar-refractivity contribution in [2.45, 2.75) is 25.4 Å².